The smallest absolute Gasteiger partial charge is 0.344 e. The van der Waals surface area contributed by atoms with Crippen LogP contribution in [0.3, 0.4) is 0 Å². The number of nitrogens with zero attached hydrogens (tertiary/aromatic N) is 1. The Morgan fingerprint density at radius 1 is 1.60 bits per heavy atom. The van der Waals surface area contributed by atoms with Gasteiger partial charge < -0.3 is 4.74 Å². The molecule has 1 aromatic carbocycles. The van der Waals surface area contributed by atoms with Crippen molar-refractivity contribution in [2.75, 3.05) is 7.11 Å². The Labute approximate surface area is 94.3 Å². The first kappa shape index (κ1) is 11.6. The zero-order valence-electron chi connectivity index (χ0n) is 7.90. The lowest BCUT2D eigenvalue weighted by atomic mass is 10.1. The number of hydrogen-bond donors (Lipinski definition) is 0. The van der Waals surface area contributed by atoms with Crippen LogP contribution in [0.5, 0.6) is 0 Å². The Morgan fingerprint density at radius 3 is 2.73 bits per heavy atom. The van der Waals surface area contributed by atoms with Gasteiger partial charge >= 0.3 is 5.97 Å². The maximum Gasteiger partial charge on any atom is 0.344 e. The summed E-state index contributed by atoms with van der Waals surface area (Å²) in [4.78, 5) is 21.3. The molecule has 0 aromatic heterocycles. The topological polar surface area (TPSA) is 69.4 Å². The number of rotatable bonds is 3. The van der Waals surface area contributed by atoms with Crippen molar-refractivity contribution in [3.8, 4) is 0 Å². The van der Waals surface area contributed by atoms with E-state index in [1.165, 1.54) is 19.2 Å². The molecule has 6 heteroatoms. The van der Waals surface area contributed by atoms with Crippen LogP contribution in [0, 0.1) is 10.1 Å². The van der Waals surface area contributed by atoms with Crippen LogP contribution in [-0.2, 0) is 10.1 Å². The van der Waals surface area contributed by atoms with Crippen LogP contribution >= 0.6 is 15.9 Å². The second-order valence-electron chi connectivity index (χ2n) is 2.73. The number of benzene rings is 1. The van der Waals surface area contributed by atoms with Gasteiger partial charge in [-0.05, 0) is 11.6 Å². The minimum absolute atomic E-state index is 0.0283. The average molecular weight is 274 g/mol. The third-order valence-corrected chi connectivity index (χ3v) is 2.46. The summed E-state index contributed by atoms with van der Waals surface area (Å²) in [5, 5.41) is 11.2. The highest BCUT2D eigenvalue weighted by Gasteiger charge is 2.20. The van der Waals surface area contributed by atoms with Gasteiger partial charge in [-0.1, -0.05) is 22.0 Å². The van der Waals surface area contributed by atoms with Crippen LogP contribution in [0.25, 0.3) is 0 Å². The van der Waals surface area contributed by atoms with Gasteiger partial charge in [0, 0.05) is 11.4 Å². The summed E-state index contributed by atoms with van der Waals surface area (Å²) in [7, 11) is 1.19. The average Bonchev–Trinajstić information content (AvgIpc) is 2.26. The first-order chi connectivity index (χ1) is 7.10. The summed E-state index contributed by atoms with van der Waals surface area (Å²) in [6.07, 6.45) is 0. The number of nitro benzene ring substituents is 1. The molecule has 0 saturated carbocycles. The molecule has 80 valence electrons. The second-order valence-corrected chi connectivity index (χ2v) is 3.29. The predicted octanol–water partition coefficient (Wildman–Crippen LogP) is 2.28. The summed E-state index contributed by atoms with van der Waals surface area (Å²) in [6, 6.07) is 4.32. The molecular formula is C9H8BrNO4. The zero-order valence-corrected chi connectivity index (χ0v) is 9.48. The standard InChI is InChI=1S/C9H8BrNO4/c1-15-9(12)7-4-6(5-10)2-3-8(7)11(13)14/h2-4H,5H2,1H3. The molecule has 0 N–H and O–H groups in total. The van der Waals surface area contributed by atoms with Crippen LogP contribution < -0.4 is 0 Å². The van der Waals surface area contributed by atoms with E-state index in [2.05, 4.69) is 20.7 Å². The molecule has 0 bridgehead atoms. The molecule has 0 saturated heterocycles. The Morgan fingerprint density at radius 2 is 2.27 bits per heavy atom. The summed E-state index contributed by atoms with van der Waals surface area (Å²) < 4.78 is 4.47. The maximum absolute atomic E-state index is 11.3. The summed E-state index contributed by atoms with van der Waals surface area (Å²) >= 11 is 3.20. The van der Waals surface area contributed by atoms with E-state index < -0.39 is 10.9 Å². The van der Waals surface area contributed by atoms with Gasteiger partial charge in [0.2, 0.25) is 0 Å². The van der Waals surface area contributed by atoms with E-state index in [1.54, 1.807) is 6.07 Å². The van der Waals surface area contributed by atoms with E-state index in [-0.39, 0.29) is 11.3 Å². The van der Waals surface area contributed by atoms with E-state index >= 15 is 0 Å². The molecule has 0 heterocycles. The van der Waals surface area contributed by atoms with Crippen LogP contribution in [0.2, 0.25) is 0 Å². The largest absolute Gasteiger partial charge is 0.465 e. The van der Waals surface area contributed by atoms with Gasteiger partial charge in [0.05, 0.1) is 12.0 Å². The minimum atomic E-state index is -0.704. The number of alkyl halides is 1. The van der Waals surface area contributed by atoms with Crippen molar-refractivity contribution >= 4 is 27.6 Å². The number of carbonyl (C=O) groups excluding carboxylic acids is 1. The Hall–Kier alpha value is -1.43. The summed E-state index contributed by atoms with van der Waals surface area (Å²) in [5.41, 5.74) is 0.506. The first-order valence-corrected chi connectivity index (χ1v) is 5.14. The lowest BCUT2D eigenvalue weighted by Gasteiger charge is -2.02. The number of carbonyl (C=O) groups is 1. The van der Waals surface area contributed by atoms with Crippen molar-refractivity contribution in [1.29, 1.82) is 0 Å². The number of halogens is 1. The van der Waals surface area contributed by atoms with Crippen LogP contribution in [0.15, 0.2) is 18.2 Å². The van der Waals surface area contributed by atoms with Gasteiger partial charge in [0.15, 0.2) is 0 Å². The molecule has 0 atom stereocenters. The molecule has 0 amide bonds. The van der Waals surface area contributed by atoms with Gasteiger partial charge in [0.25, 0.3) is 5.69 Å². The molecule has 0 fully saturated rings. The molecule has 0 aliphatic heterocycles. The van der Waals surface area contributed by atoms with Crippen molar-refractivity contribution < 1.29 is 14.5 Å². The van der Waals surface area contributed by atoms with Crippen molar-refractivity contribution in [1.82, 2.24) is 0 Å². The SMILES string of the molecule is COC(=O)c1cc(CBr)ccc1[N+](=O)[O-]. The lowest BCUT2D eigenvalue weighted by Crippen LogP contribution is -2.06. The van der Waals surface area contributed by atoms with Gasteiger partial charge in [0.1, 0.15) is 5.56 Å². The quantitative estimate of drug-likeness (QED) is 0.367. The fourth-order valence-electron chi connectivity index (χ4n) is 1.10. The highest BCUT2D eigenvalue weighted by Crippen LogP contribution is 2.21. The van der Waals surface area contributed by atoms with E-state index in [0.717, 1.165) is 5.56 Å². The first-order valence-electron chi connectivity index (χ1n) is 4.01. The lowest BCUT2D eigenvalue weighted by molar-refractivity contribution is -0.385. The van der Waals surface area contributed by atoms with E-state index in [1.807, 2.05) is 0 Å². The van der Waals surface area contributed by atoms with Crippen molar-refractivity contribution in [3.05, 3.63) is 39.4 Å². The zero-order chi connectivity index (χ0) is 11.4. The molecule has 1 rings (SSSR count). The molecule has 5 nitrogen and oxygen atoms in total. The van der Waals surface area contributed by atoms with Gasteiger partial charge in [-0.25, -0.2) is 4.79 Å². The third-order valence-electron chi connectivity index (χ3n) is 1.82. The fraction of sp³-hybridized carbons (Fsp3) is 0.222. The second kappa shape index (κ2) is 4.88. The van der Waals surface area contributed by atoms with Gasteiger partial charge in [-0.15, -0.1) is 0 Å². The molecular weight excluding hydrogens is 266 g/mol. The number of esters is 1. The van der Waals surface area contributed by atoms with Crippen molar-refractivity contribution in [2.45, 2.75) is 5.33 Å². The molecule has 0 unspecified atom stereocenters. The van der Waals surface area contributed by atoms with E-state index in [0.29, 0.717) is 5.33 Å². The number of nitro groups is 1. The Kier molecular flexibility index (Phi) is 3.79. The molecule has 0 radical (unpaired) electrons. The summed E-state index contributed by atoms with van der Waals surface area (Å²) in [5.74, 6) is -0.704. The van der Waals surface area contributed by atoms with Crippen LogP contribution in [-0.4, -0.2) is 18.0 Å². The number of hydrogen-bond acceptors (Lipinski definition) is 4. The van der Waals surface area contributed by atoms with Gasteiger partial charge in [-0.3, -0.25) is 10.1 Å². The Bertz CT molecular complexity index is 405. The van der Waals surface area contributed by atoms with E-state index in [9.17, 15) is 14.9 Å². The normalized spacial score (nSPS) is 9.73. The minimum Gasteiger partial charge on any atom is -0.465 e. The van der Waals surface area contributed by atoms with Gasteiger partial charge in [-0.2, -0.15) is 0 Å². The van der Waals surface area contributed by atoms with Crippen LogP contribution in [0.4, 0.5) is 5.69 Å². The van der Waals surface area contributed by atoms with Crippen LogP contribution in [0.1, 0.15) is 15.9 Å². The molecule has 0 spiro atoms. The van der Waals surface area contributed by atoms with Crippen molar-refractivity contribution in [2.24, 2.45) is 0 Å². The molecule has 0 aliphatic rings. The summed E-state index contributed by atoms with van der Waals surface area (Å²) in [6.45, 7) is 0. The number of ether oxygens (including phenoxy) is 1. The molecule has 15 heavy (non-hydrogen) atoms. The fourth-order valence-corrected chi connectivity index (χ4v) is 1.45. The molecule has 1 aromatic rings. The monoisotopic (exact) mass is 273 g/mol. The predicted molar refractivity (Wildman–Crippen MR) is 57.1 cm³/mol. The maximum atomic E-state index is 11.3. The highest BCUT2D eigenvalue weighted by molar-refractivity contribution is 9.08. The van der Waals surface area contributed by atoms with E-state index in [4.69, 9.17) is 0 Å². The Balaban J connectivity index is 3.28. The van der Waals surface area contributed by atoms with Crippen molar-refractivity contribution in [3.63, 3.8) is 0 Å². The number of methoxy groups -OCH3 is 1. The molecule has 0 aliphatic carbocycles. The highest BCUT2D eigenvalue weighted by atomic mass is 79.9. The third kappa shape index (κ3) is 2.53.